The summed E-state index contributed by atoms with van der Waals surface area (Å²) in [5.74, 6) is 0.527. The van der Waals surface area contributed by atoms with Gasteiger partial charge in [-0.3, -0.25) is 4.90 Å². The maximum absolute atomic E-state index is 13.3. The largest absolute Gasteiger partial charge is 0.481 e. The number of amides is 2. The van der Waals surface area contributed by atoms with E-state index < -0.39 is 41.2 Å². The second-order valence-electron chi connectivity index (χ2n) is 14.1. The highest BCUT2D eigenvalue weighted by Crippen LogP contribution is 2.46. The third-order valence-electron chi connectivity index (χ3n) is 8.80. The van der Waals surface area contributed by atoms with Gasteiger partial charge in [-0.25, -0.2) is 14.6 Å². The highest BCUT2D eigenvalue weighted by molar-refractivity contribution is 5.69. The van der Waals surface area contributed by atoms with Gasteiger partial charge in [0.25, 0.3) is 0 Å². The SMILES string of the molecule is COc1cccc(-c2ccc(C[C@@]3(Cc4ccccc4)[C@H](C[C@H](Cc4ccccc4)NC(=O)OC(C)(C)C)OC(C)(C)N3C(=O)O)cc2)n1. The summed E-state index contributed by atoms with van der Waals surface area (Å²) in [6.45, 7) is 9.07. The standard InChI is InChI=1S/C40H47N3O6/c1-38(2,3)49-36(44)41-32(24-28-14-9-7-10-15-28)25-34-40(26-29-16-11-8-12-17-29,43(37(45)46)39(4,5)48-34)27-30-20-22-31(23-21-30)33-18-13-19-35(42-33)47-6/h7-23,32,34H,24-27H2,1-6H3,(H,41,44)(H,45,46)/t32-,34-,40-/m0/s1. The quantitative estimate of drug-likeness (QED) is 0.167. The summed E-state index contributed by atoms with van der Waals surface area (Å²) in [6, 6.07) is 33.1. The third kappa shape index (κ3) is 8.78. The summed E-state index contributed by atoms with van der Waals surface area (Å²) in [5.41, 5.74) is 1.78. The van der Waals surface area contributed by atoms with Crippen LogP contribution in [0.2, 0.25) is 0 Å². The van der Waals surface area contributed by atoms with E-state index in [9.17, 15) is 14.7 Å². The number of benzene rings is 3. The Bertz CT molecular complexity index is 1710. The van der Waals surface area contributed by atoms with E-state index in [0.717, 1.165) is 27.9 Å². The lowest BCUT2D eigenvalue weighted by molar-refractivity contribution is -0.0697. The molecular weight excluding hydrogens is 618 g/mol. The van der Waals surface area contributed by atoms with Crippen LogP contribution in [0.15, 0.2) is 103 Å². The second kappa shape index (κ2) is 14.7. The molecule has 2 N–H and O–H groups in total. The average Bonchev–Trinajstić information content (AvgIpc) is 3.25. The number of hydrogen-bond acceptors (Lipinski definition) is 6. The van der Waals surface area contributed by atoms with E-state index in [1.807, 2.05) is 118 Å². The summed E-state index contributed by atoms with van der Waals surface area (Å²) < 4.78 is 17.8. The summed E-state index contributed by atoms with van der Waals surface area (Å²) >= 11 is 0. The molecule has 0 aliphatic carbocycles. The normalized spacial score (nSPS) is 19.2. The molecule has 4 aromatic rings. The zero-order chi connectivity index (χ0) is 35.2. The molecule has 0 spiro atoms. The Kier molecular flexibility index (Phi) is 10.6. The number of methoxy groups -OCH3 is 1. The van der Waals surface area contributed by atoms with Gasteiger partial charge in [0.1, 0.15) is 11.3 Å². The highest BCUT2D eigenvalue weighted by atomic mass is 16.6. The molecule has 0 unspecified atom stereocenters. The molecule has 1 saturated heterocycles. The van der Waals surface area contributed by atoms with Gasteiger partial charge in [-0.15, -0.1) is 0 Å². The first-order chi connectivity index (χ1) is 23.3. The van der Waals surface area contributed by atoms with Crippen LogP contribution in [-0.2, 0) is 28.7 Å². The van der Waals surface area contributed by atoms with Crippen molar-refractivity contribution < 1.29 is 28.9 Å². The number of ether oxygens (including phenoxy) is 3. The van der Waals surface area contributed by atoms with Gasteiger partial charge in [-0.05, 0) is 83.1 Å². The van der Waals surface area contributed by atoms with E-state index in [2.05, 4.69) is 10.3 Å². The fourth-order valence-corrected chi connectivity index (χ4v) is 6.94. The zero-order valence-electron chi connectivity index (χ0n) is 29.2. The van der Waals surface area contributed by atoms with Crippen molar-refractivity contribution in [2.45, 2.75) is 89.3 Å². The number of carbonyl (C=O) groups is 2. The number of hydrogen-bond donors (Lipinski definition) is 2. The van der Waals surface area contributed by atoms with E-state index in [4.69, 9.17) is 14.2 Å². The molecule has 2 heterocycles. The van der Waals surface area contributed by atoms with Crippen LogP contribution in [0.25, 0.3) is 11.3 Å². The van der Waals surface area contributed by atoms with Crippen LogP contribution >= 0.6 is 0 Å². The average molecular weight is 666 g/mol. The lowest BCUT2D eigenvalue weighted by atomic mass is 9.76. The minimum absolute atomic E-state index is 0.347. The molecule has 49 heavy (non-hydrogen) atoms. The minimum atomic E-state index is -1.15. The first-order valence-corrected chi connectivity index (χ1v) is 16.7. The molecule has 2 amide bonds. The number of nitrogens with one attached hydrogen (secondary N) is 1. The van der Waals surface area contributed by atoms with E-state index in [1.165, 1.54) is 4.90 Å². The van der Waals surface area contributed by atoms with Gasteiger partial charge in [-0.1, -0.05) is 91.0 Å². The lowest BCUT2D eigenvalue weighted by Gasteiger charge is -2.43. The van der Waals surface area contributed by atoms with Crippen molar-refractivity contribution in [1.82, 2.24) is 15.2 Å². The van der Waals surface area contributed by atoms with Crippen molar-refractivity contribution in [2.24, 2.45) is 0 Å². The molecule has 5 rings (SSSR count). The van der Waals surface area contributed by atoms with Crippen molar-refractivity contribution in [1.29, 1.82) is 0 Å². The molecule has 3 atom stereocenters. The molecule has 0 bridgehead atoms. The third-order valence-corrected chi connectivity index (χ3v) is 8.80. The van der Waals surface area contributed by atoms with E-state index >= 15 is 0 Å². The molecule has 0 radical (unpaired) electrons. The number of nitrogens with zero attached hydrogens (tertiary/aromatic N) is 2. The predicted octanol–water partition coefficient (Wildman–Crippen LogP) is 7.92. The maximum Gasteiger partial charge on any atom is 0.410 e. The van der Waals surface area contributed by atoms with Gasteiger partial charge < -0.3 is 24.6 Å². The first-order valence-electron chi connectivity index (χ1n) is 16.7. The topological polar surface area (TPSA) is 110 Å². The summed E-state index contributed by atoms with van der Waals surface area (Å²) in [6.07, 6.45) is -0.563. The highest BCUT2D eigenvalue weighted by Gasteiger charge is 2.60. The Morgan fingerprint density at radius 1 is 0.878 bits per heavy atom. The Morgan fingerprint density at radius 2 is 1.47 bits per heavy atom. The molecule has 1 aromatic heterocycles. The Hall–Kier alpha value is -4.89. The van der Waals surface area contributed by atoms with Crippen molar-refractivity contribution in [3.05, 3.63) is 120 Å². The van der Waals surface area contributed by atoms with Gasteiger partial charge in [0.15, 0.2) is 0 Å². The van der Waals surface area contributed by atoms with Gasteiger partial charge in [0, 0.05) is 17.7 Å². The number of carbonyl (C=O) groups excluding carboxylic acids is 1. The molecule has 1 aliphatic rings. The van der Waals surface area contributed by atoms with Crippen LogP contribution in [0, 0.1) is 0 Å². The summed E-state index contributed by atoms with van der Waals surface area (Å²) in [5, 5.41) is 14.0. The van der Waals surface area contributed by atoms with Crippen molar-refractivity contribution in [3.8, 4) is 17.1 Å². The van der Waals surface area contributed by atoms with Crippen molar-refractivity contribution in [3.63, 3.8) is 0 Å². The predicted molar refractivity (Wildman–Crippen MR) is 190 cm³/mol. The van der Waals surface area contributed by atoms with Crippen molar-refractivity contribution in [2.75, 3.05) is 7.11 Å². The number of rotatable bonds is 11. The second-order valence-corrected chi connectivity index (χ2v) is 14.1. The van der Waals surface area contributed by atoms with Crippen molar-refractivity contribution >= 4 is 12.2 Å². The minimum Gasteiger partial charge on any atom is -0.481 e. The first kappa shape index (κ1) is 35.4. The molecule has 3 aromatic carbocycles. The van der Waals surface area contributed by atoms with Crippen LogP contribution in [0.5, 0.6) is 5.88 Å². The van der Waals surface area contributed by atoms with Crippen LogP contribution in [0.4, 0.5) is 9.59 Å². The molecule has 9 heteroatoms. The number of alkyl carbamates (subject to hydrolysis) is 1. The van der Waals surface area contributed by atoms with Gasteiger partial charge in [-0.2, -0.15) is 0 Å². The van der Waals surface area contributed by atoms with E-state index in [0.29, 0.717) is 31.6 Å². The molecule has 9 nitrogen and oxygen atoms in total. The number of carboxylic acid groups (broad SMARTS) is 1. The van der Waals surface area contributed by atoms with Gasteiger partial charge in [0.05, 0.1) is 24.4 Å². The van der Waals surface area contributed by atoms with Gasteiger partial charge >= 0.3 is 12.2 Å². The fraction of sp³-hybridized carbons (Fsp3) is 0.375. The number of pyridine rings is 1. The van der Waals surface area contributed by atoms with E-state index in [-0.39, 0.29) is 0 Å². The van der Waals surface area contributed by atoms with E-state index in [1.54, 1.807) is 27.0 Å². The summed E-state index contributed by atoms with van der Waals surface area (Å²) in [4.78, 5) is 32.5. The van der Waals surface area contributed by atoms with Crippen LogP contribution in [0.3, 0.4) is 0 Å². The monoisotopic (exact) mass is 665 g/mol. The fourth-order valence-electron chi connectivity index (χ4n) is 6.94. The Balaban J connectivity index is 1.56. The zero-order valence-corrected chi connectivity index (χ0v) is 29.2. The smallest absolute Gasteiger partial charge is 0.410 e. The molecule has 0 saturated carbocycles. The van der Waals surface area contributed by atoms with Crippen LogP contribution in [-0.4, -0.2) is 63.3 Å². The Labute approximate surface area is 289 Å². The lowest BCUT2D eigenvalue weighted by Crippen LogP contribution is -2.60. The maximum atomic E-state index is 13.3. The summed E-state index contributed by atoms with van der Waals surface area (Å²) in [7, 11) is 1.59. The molecule has 1 fully saturated rings. The molecule has 1 aliphatic heterocycles. The molecule has 258 valence electrons. The Morgan fingerprint density at radius 3 is 2.04 bits per heavy atom. The molecular formula is C40H47N3O6. The van der Waals surface area contributed by atoms with Crippen LogP contribution in [0.1, 0.15) is 57.7 Å². The van der Waals surface area contributed by atoms with Crippen LogP contribution < -0.4 is 10.1 Å². The van der Waals surface area contributed by atoms with Gasteiger partial charge in [0.2, 0.25) is 5.88 Å². The number of aromatic nitrogens is 1.